The normalized spacial score (nSPS) is 20.7. The summed E-state index contributed by atoms with van der Waals surface area (Å²) in [5.74, 6) is -0.509. The summed E-state index contributed by atoms with van der Waals surface area (Å²) in [6, 6.07) is 0. The third kappa shape index (κ3) is 1.79. The molecule has 0 aliphatic heterocycles. The number of rotatable bonds is 3. The van der Waals surface area contributed by atoms with E-state index in [4.69, 9.17) is 0 Å². The van der Waals surface area contributed by atoms with Crippen LogP contribution in [0.2, 0.25) is 0 Å². The Bertz CT molecular complexity index is 364. The molecule has 0 aromatic heterocycles. The number of methoxy groups -OCH3 is 1. The van der Waals surface area contributed by atoms with Crippen LogP contribution in [0.5, 0.6) is 0 Å². The lowest BCUT2D eigenvalue weighted by Gasteiger charge is -2.14. The van der Waals surface area contributed by atoms with Crippen molar-refractivity contribution in [2.75, 3.05) is 7.11 Å². The number of amides is 1. The number of allylic oxidation sites excluding steroid dienone is 3. The Hall–Kier alpha value is -1.58. The van der Waals surface area contributed by atoms with Gasteiger partial charge < -0.3 is 10.1 Å². The van der Waals surface area contributed by atoms with Gasteiger partial charge in [0.05, 0.1) is 7.11 Å². The first-order valence-corrected chi connectivity index (χ1v) is 4.94. The van der Waals surface area contributed by atoms with Crippen LogP contribution in [0.4, 0.5) is 0 Å². The van der Waals surface area contributed by atoms with Crippen molar-refractivity contribution >= 4 is 11.9 Å². The minimum atomic E-state index is -0.741. The molecule has 2 rings (SSSR count). The van der Waals surface area contributed by atoms with Gasteiger partial charge in [-0.3, -0.25) is 4.79 Å². The second kappa shape index (κ2) is 3.53. The minimum absolute atomic E-state index is 0.164. The maximum Gasteiger partial charge on any atom is 0.331 e. The van der Waals surface area contributed by atoms with Crippen LogP contribution in [0, 0.1) is 0 Å². The first-order valence-electron chi connectivity index (χ1n) is 4.94. The number of ether oxygens (including phenoxy) is 1. The summed E-state index contributed by atoms with van der Waals surface area (Å²) < 4.78 is 4.65. The van der Waals surface area contributed by atoms with Gasteiger partial charge in [-0.15, -0.1) is 0 Å². The van der Waals surface area contributed by atoms with Gasteiger partial charge >= 0.3 is 5.97 Å². The van der Waals surface area contributed by atoms with E-state index in [1.165, 1.54) is 7.11 Å². The number of hydrogen-bond donors (Lipinski definition) is 1. The first-order chi connectivity index (χ1) is 7.18. The molecule has 0 heterocycles. The highest BCUT2D eigenvalue weighted by Gasteiger charge is 2.52. The molecule has 0 saturated heterocycles. The Morgan fingerprint density at radius 3 is 2.67 bits per heavy atom. The van der Waals surface area contributed by atoms with Gasteiger partial charge in [-0.1, -0.05) is 18.2 Å². The molecule has 0 bridgehead atoms. The number of carbonyl (C=O) groups excluding carboxylic acids is 2. The molecule has 0 aromatic carbocycles. The zero-order valence-electron chi connectivity index (χ0n) is 8.58. The first kappa shape index (κ1) is 9.96. The monoisotopic (exact) mass is 207 g/mol. The molecule has 0 aromatic rings. The van der Waals surface area contributed by atoms with Gasteiger partial charge in [0, 0.05) is 5.57 Å². The number of esters is 1. The molecule has 0 radical (unpaired) electrons. The Kier molecular flexibility index (Phi) is 2.34. The Labute approximate surface area is 88.0 Å². The molecule has 2 aliphatic rings. The average molecular weight is 207 g/mol. The summed E-state index contributed by atoms with van der Waals surface area (Å²) in [6.45, 7) is 0. The predicted octanol–water partition coefficient (Wildman–Crippen LogP) is 0.694. The van der Waals surface area contributed by atoms with E-state index in [0.29, 0.717) is 24.8 Å². The van der Waals surface area contributed by atoms with Crippen LogP contribution in [0.25, 0.3) is 0 Å². The summed E-state index contributed by atoms with van der Waals surface area (Å²) >= 11 is 0. The molecule has 80 valence electrons. The molecular weight excluding hydrogens is 194 g/mol. The summed E-state index contributed by atoms with van der Waals surface area (Å²) in [4.78, 5) is 23.1. The number of carbonyl (C=O) groups is 2. The Morgan fingerprint density at radius 1 is 1.47 bits per heavy atom. The third-order valence-corrected chi connectivity index (χ3v) is 2.74. The third-order valence-electron chi connectivity index (χ3n) is 2.74. The van der Waals surface area contributed by atoms with Gasteiger partial charge in [0.15, 0.2) is 0 Å². The molecule has 1 amide bonds. The summed E-state index contributed by atoms with van der Waals surface area (Å²) in [5.41, 5.74) is -0.0416. The van der Waals surface area contributed by atoms with Crippen LogP contribution >= 0.6 is 0 Å². The molecule has 0 atom stereocenters. The zero-order valence-corrected chi connectivity index (χ0v) is 8.58. The maximum absolute atomic E-state index is 11.7. The molecule has 1 fully saturated rings. The van der Waals surface area contributed by atoms with Crippen molar-refractivity contribution in [2.45, 2.75) is 24.8 Å². The molecule has 0 unspecified atom stereocenters. The van der Waals surface area contributed by atoms with Crippen molar-refractivity contribution < 1.29 is 14.3 Å². The standard InChI is InChI=1S/C11H13NO3/c1-15-10(14)11(6-7-11)12-9(13)8-4-2-3-5-8/h2-4H,5-7H2,1H3,(H,12,13). The second-order valence-corrected chi connectivity index (χ2v) is 3.85. The topological polar surface area (TPSA) is 55.4 Å². The van der Waals surface area contributed by atoms with Gasteiger partial charge in [-0.05, 0) is 19.3 Å². The molecule has 0 spiro atoms. The van der Waals surface area contributed by atoms with Gasteiger partial charge in [0.25, 0.3) is 0 Å². The van der Waals surface area contributed by atoms with Gasteiger partial charge in [0.2, 0.25) is 5.91 Å². The lowest BCUT2D eigenvalue weighted by molar-refractivity contribution is -0.146. The van der Waals surface area contributed by atoms with Crippen molar-refractivity contribution in [3.05, 3.63) is 23.8 Å². The highest BCUT2D eigenvalue weighted by molar-refractivity contribution is 5.99. The van der Waals surface area contributed by atoms with E-state index in [1.807, 2.05) is 12.2 Å². The highest BCUT2D eigenvalue weighted by Crippen LogP contribution is 2.36. The number of hydrogen-bond acceptors (Lipinski definition) is 3. The van der Waals surface area contributed by atoms with Gasteiger partial charge in [-0.25, -0.2) is 4.79 Å². The quantitative estimate of drug-likeness (QED) is 0.693. The molecule has 2 aliphatic carbocycles. The molecule has 4 nitrogen and oxygen atoms in total. The van der Waals surface area contributed by atoms with Crippen LogP contribution < -0.4 is 5.32 Å². The summed E-state index contributed by atoms with van der Waals surface area (Å²) in [6.07, 6.45) is 7.50. The highest BCUT2D eigenvalue weighted by atomic mass is 16.5. The molecule has 1 N–H and O–H groups in total. The van der Waals surface area contributed by atoms with Crippen molar-refractivity contribution in [1.29, 1.82) is 0 Å². The van der Waals surface area contributed by atoms with Crippen LogP contribution in [-0.2, 0) is 14.3 Å². The van der Waals surface area contributed by atoms with E-state index in [2.05, 4.69) is 10.1 Å². The SMILES string of the molecule is COC(=O)C1(NC(=O)C2=CC=CC2)CC1. The summed E-state index contributed by atoms with van der Waals surface area (Å²) in [5, 5.41) is 2.74. The fourth-order valence-corrected chi connectivity index (χ4v) is 1.61. The van der Waals surface area contributed by atoms with E-state index < -0.39 is 5.54 Å². The maximum atomic E-state index is 11.7. The zero-order chi connectivity index (χ0) is 10.9. The van der Waals surface area contributed by atoms with Crippen LogP contribution in [-0.4, -0.2) is 24.5 Å². The smallest absolute Gasteiger partial charge is 0.331 e. The van der Waals surface area contributed by atoms with Crippen LogP contribution in [0.1, 0.15) is 19.3 Å². The van der Waals surface area contributed by atoms with E-state index in [-0.39, 0.29) is 11.9 Å². The van der Waals surface area contributed by atoms with Crippen molar-refractivity contribution in [2.24, 2.45) is 0 Å². The van der Waals surface area contributed by atoms with E-state index in [0.717, 1.165) is 0 Å². The van der Waals surface area contributed by atoms with E-state index in [1.54, 1.807) is 6.08 Å². The summed E-state index contributed by atoms with van der Waals surface area (Å²) in [7, 11) is 1.34. The fraction of sp³-hybridized carbons (Fsp3) is 0.455. The van der Waals surface area contributed by atoms with Crippen LogP contribution in [0.15, 0.2) is 23.8 Å². The van der Waals surface area contributed by atoms with Gasteiger partial charge in [-0.2, -0.15) is 0 Å². The number of nitrogens with one attached hydrogen (secondary N) is 1. The van der Waals surface area contributed by atoms with Crippen molar-refractivity contribution in [1.82, 2.24) is 5.32 Å². The molecule has 15 heavy (non-hydrogen) atoms. The van der Waals surface area contributed by atoms with Crippen molar-refractivity contribution in [3.63, 3.8) is 0 Å². The fourth-order valence-electron chi connectivity index (χ4n) is 1.61. The Morgan fingerprint density at radius 2 is 2.20 bits per heavy atom. The van der Waals surface area contributed by atoms with E-state index >= 15 is 0 Å². The van der Waals surface area contributed by atoms with Gasteiger partial charge in [0.1, 0.15) is 5.54 Å². The largest absolute Gasteiger partial charge is 0.467 e. The average Bonchev–Trinajstić information content (AvgIpc) is 2.83. The lowest BCUT2D eigenvalue weighted by Crippen LogP contribution is -2.44. The lowest BCUT2D eigenvalue weighted by atomic mass is 10.2. The predicted molar refractivity (Wildman–Crippen MR) is 54.0 cm³/mol. The minimum Gasteiger partial charge on any atom is -0.467 e. The van der Waals surface area contributed by atoms with E-state index in [9.17, 15) is 9.59 Å². The molecule has 1 saturated carbocycles. The molecule has 4 heteroatoms. The Balaban J connectivity index is 1.97. The van der Waals surface area contributed by atoms with Crippen LogP contribution in [0.3, 0.4) is 0 Å². The van der Waals surface area contributed by atoms with Crippen molar-refractivity contribution in [3.8, 4) is 0 Å². The molecular formula is C11H13NO3. The second-order valence-electron chi connectivity index (χ2n) is 3.85.